The summed E-state index contributed by atoms with van der Waals surface area (Å²) in [5.41, 5.74) is 0. The predicted octanol–water partition coefficient (Wildman–Crippen LogP) is -2.76. The van der Waals surface area contributed by atoms with Crippen LogP contribution in [0.1, 0.15) is 21.2 Å². The van der Waals surface area contributed by atoms with Gasteiger partial charge in [0.2, 0.25) is 0 Å². The molecule has 7 heteroatoms. The number of hydrogen-bond donors (Lipinski definition) is 2. The fraction of sp³-hybridized carbons (Fsp3) is 0.800. The summed E-state index contributed by atoms with van der Waals surface area (Å²) < 4.78 is 29.2. The van der Waals surface area contributed by atoms with E-state index in [1.807, 2.05) is 0 Å². The molecule has 0 heterocycles. The minimum Gasteiger partial charge on any atom is -1.00 e. The molecule has 0 aromatic heterocycles. The van der Waals surface area contributed by atoms with Crippen LogP contribution in [0.5, 0.6) is 0 Å². The molecule has 1 atom stereocenters. The van der Waals surface area contributed by atoms with Gasteiger partial charge in [-0.05, 0) is 6.42 Å². The zero-order valence-electron chi connectivity index (χ0n) is 8.02. The SMILES string of the molecule is CCC(CC(=O)O)S(=O)(=O)O.[H-].[Li+]. The fourth-order valence-electron chi connectivity index (χ4n) is 0.655. The van der Waals surface area contributed by atoms with Crippen molar-refractivity contribution in [1.29, 1.82) is 0 Å². The molecule has 5 nitrogen and oxygen atoms in total. The maximum Gasteiger partial charge on any atom is 1.00 e. The molecule has 0 saturated heterocycles. The Hall–Kier alpha value is -0.0226. The second kappa shape index (κ2) is 5.59. The maximum atomic E-state index is 10.4. The third-order valence-corrected chi connectivity index (χ3v) is 2.62. The molecule has 0 aliphatic heterocycles. The minimum atomic E-state index is -4.19. The van der Waals surface area contributed by atoms with E-state index in [0.717, 1.165) is 0 Å². The van der Waals surface area contributed by atoms with Crippen molar-refractivity contribution in [3.63, 3.8) is 0 Å². The molecule has 0 aliphatic rings. The van der Waals surface area contributed by atoms with E-state index in [1.54, 1.807) is 0 Å². The fourth-order valence-corrected chi connectivity index (χ4v) is 1.43. The zero-order chi connectivity index (χ0) is 9.07. The van der Waals surface area contributed by atoms with Crippen molar-refractivity contribution in [2.75, 3.05) is 0 Å². The minimum absolute atomic E-state index is 0. The van der Waals surface area contributed by atoms with Gasteiger partial charge in [0.25, 0.3) is 10.1 Å². The largest absolute Gasteiger partial charge is 1.00 e. The van der Waals surface area contributed by atoms with Gasteiger partial charge in [-0.25, -0.2) is 0 Å². The van der Waals surface area contributed by atoms with E-state index in [4.69, 9.17) is 9.66 Å². The molecule has 0 aliphatic carbocycles. The Kier molecular flexibility index (Phi) is 6.76. The molecule has 68 valence electrons. The number of rotatable bonds is 4. The summed E-state index contributed by atoms with van der Waals surface area (Å²) in [6.45, 7) is 1.50. The Morgan fingerprint density at radius 3 is 2.08 bits per heavy atom. The van der Waals surface area contributed by atoms with Gasteiger partial charge in [0.1, 0.15) is 0 Å². The second-order valence-corrected chi connectivity index (χ2v) is 3.84. The van der Waals surface area contributed by atoms with E-state index in [0.29, 0.717) is 0 Å². The molecule has 0 fully saturated rings. The molecule has 0 radical (unpaired) electrons. The van der Waals surface area contributed by atoms with Crippen molar-refractivity contribution in [2.45, 2.75) is 25.0 Å². The van der Waals surface area contributed by atoms with Gasteiger partial charge >= 0.3 is 24.8 Å². The summed E-state index contributed by atoms with van der Waals surface area (Å²) in [4.78, 5) is 10.0. The summed E-state index contributed by atoms with van der Waals surface area (Å²) in [7, 11) is -4.19. The van der Waals surface area contributed by atoms with Crippen molar-refractivity contribution in [1.82, 2.24) is 0 Å². The standard InChI is InChI=1S/C5H10O5S.Li.H/c1-2-4(3-5(6)7)11(8,9)10;;/h4H,2-3H2,1H3,(H,6,7)(H,8,9,10);;/q;+1;-1. The predicted molar refractivity (Wildman–Crippen MR) is 39.0 cm³/mol. The smallest absolute Gasteiger partial charge is 1.00 e. The van der Waals surface area contributed by atoms with E-state index < -0.39 is 27.8 Å². The van der Waals surface area contributed by atoms with Gasteiger partial charge in [-0.15, -0.1) is 0 Å². The van der Waals surface area contributed by atoms with E-state index in [9.17, 15) is 13.2 Å². The molecule has 1 unspecified atom stereocenters. The van der Waals surface area contributed by atoms with Gasteiger partial charge in [-0.1, -0.05) is 6.92 Å². The first-order valence-electron chi connectivity index (χ1n) is 3.06. The zero-order valence-corrected chi connectivity index (χ0v) is 7.84. The van der Waals surface area contributed by atoms with Crippen LogP contribution in [0.25, 0.3) is 0 Å². The molecule has 0 aromatic carbocycles. The molecule has 0 aromatic rings. The van der Waals surface area contributed by atoms with Crippen LogP contribution in [-0.2, 0) is 14.9 Å². The molecule has 0 amide bonds. The summed E-state index contributed by atoms with van der Waals surface area (Å²) in [6.07, 6.45) is -0.444. The molecule has 0 saturated carbocycles. The first-order valence-corrected chi connectivity index (χ1v) is 4.56. The van der Waals surface area contributed by atoms with Crippen LogP contribution in [0, 0.1) is 0 Å². The molecular weight excluding hydrogens is 179 g/mol. The number of carboxylic acids is 1. The van der Waals surface area contributed by atoms with Crippen molar-refractivity contribution < 1.29 is 43.2 Å². The first-order chi connectivity index (χ1) is 4.88. The van der Waals surface area contributed by atoms with Crippen LogP contribution in [0.3, 0.4) is 0 Å². The van der Waals surface area contributed by atoms with Gasteiger partial charge in [0, 0.05) is 0 Å². The van der Waals surface area contributed by atoms with E-state index in [-0.39, 0.29) is 26.7 Å². The summed E-state index contributed by atoms with van der Waals surface area (Å²) >= 11 is 0. The van der Waals surface area contributed by atoms with Crippen LogP contribution in [0.15, 0.2) is 0 Å². The van der Waals surface area contributed by atoms with Crippen molar-refractivity contribution in [3.8, 4) is 0 Å². The van der Waals surface area contributed by atoms with Crippen LogP contribution >= 0.6 is 0 Å². The Bertz CT molecular complexity index is 239. The second-order valence-electron chi connectivity index (χ2n) is 2.14. The van der Waals surface area contributed by atoms with Crippen molar-refractivity contribution >= 4 is 16.1 Å². The molecule has 12 heavy (non-hydrogen) atoms. The summed E-state index contributed by atoms with van der Waals surface area (Å²) in [6, 6.07) is 0. The summed E-state index contributed by atoms with van der Waals surface area (Å²) in [5.74, 6) is -1.23. The Labute approximate surface area is 84.6 Å². The Morgan fingerprint density at radius 1 is 1.58 bits per heavy atom. The molecule has 0 spiro atoms. The normalized spacial score (nSPS) is 13.2. The van der Waals surface area contributed by atoms with Gasteiger partial charge in [0.15, 0.2) is 0 Å². The third kappa shape index (κ3) is 5.61. The topological polar surface area (TPSA) is 91.7 Å². The number of hydrogen-bond acceptors (Lipinski definition) is 3. The third-order valence-electron chi connectivity index (χ3n) is 1.28. The van der Waals surface area contributed by atoms with E-state index in [1.165, 1.54) is 6.92 Å². The van der Waals surface area contributed by atoms with Gasteiger partial charge in [-0.3, -0.25) is 9.35 Å². The molecule has 0 bridgehead atoms. The monoisotopic (exact) mass is 190 g/mol. The van der Waals surface area contributed by atoms with E-state index in [2.05, 4.69) is 0 Å². The molecular formula is C5H11LiO5S. The number of aliphatic carboxylic acids is 1. The summed E-state index contributed by atoms with van der Waals surface area (Å²) in [5, 5.41) is 7.02. The van der Waals surface area contributed by atoms with Crippen LogP contribution in [-0.4, -0.2) is 29.3 Å². The quantitative estimate of drug-likeness (QED) is 0.370. The average Bonchev–Trinajstić information content (AvgIpc) is 1.79. The average molecular weight is 190 g/mol. The Morgan fingerprint density at radius 2 is 2.00 bits per heavy atom. The van der Waals surface area contributed by atoms with Crippen LogP contribution in [0.4, 0.5) is 0 Å². The first kappa shape index (κ1) is 14.5. The van der Waals surface area contributed by atoms with Crippen LogP contribution < -0.4 is 18.9 Å². The van der Waals surface area contributed by atoms with Crippen molar-refractivity contribution in [3.05, 3.63) is 0 Å². The van der Waals surface area contributed by atoms with Crippen LogP contribution in [0.2, 0.25) is 0 Å². The number of carboxylic acid groups (broad SMARTS) is 1. The maximum absolute atomic E-state index is 10.4. The van der Waals surface area contributed by atoms with Gasteiger partial charge < -0.3 is 6.53 Å². The van der Waals surface area contributed by atoms with Gasteiger partial charge in [-0.2, -0.15) is 8.42 Å². The molecule has 0 rings (SSSR count). The number of carbonyl (C=O) groups is 1. The molecule has 2 N–H and O–H groups in total. The Balaban J connectivity index is -0.000000500. The van der Waals surface area contributed by atoms with Gasteiger partial charge in [0.05, 0.1) is 11.7 Å². The van der Waals surface area contributed by atoms with Crippen molar-refractivity contribution in [2.24, 2.45) is 0 Å². The van der Waals surface area contributed by atoms with E-state index >= 15 is 0 Å².